The lowest BCUT2D eigenvalue weighted by molar-refractivity contribution is -0.122. The van der Waals surface area contributed by atoms with Crippen LogP contribution in [-0.4, -0.2) is 24.9 Å². The normalized spacial score (nSPS) is 26.9. The second kappa shape index (κ2) is 5.24. The third kappa shape index (κ3) is 3.57. The number of hydrogen-bond donors (Lipinski definition) is 2. The zero-order valence-electron chi connectivity index (χ0n) is 8.01. The molecular weight excluding hydrogens is 190 g/mol. The Bertz CT molecular complexity index is 199. The number of rotatable bonds is 4. The molecule has 1 rings (SSSR count). The molecule has 0 unspecified atom stereocenters. The zero-order valence-corrected chi connectivity index (χ0v) is 8.01. The van der Waals surface area contributed by atoms with Crippen LogP contribution in [0.2, 0.25) is 0 Å². The molecule has 3 N–H and O–H groups in total. The van der Waals surface area contributed by atoms with Crippen molar-refractivity contribution in [2.45, 2.75) is 38.2 Å². The molecule has 3 nitrogen and oxygen atoms in total. The number of halogens is 2. The molecule has 1 aliphatic carbocycles. The Hall–Kier alpha value is -0.710. The van der Waals surface area contributed by atoms with Crippen LogP contribution in [0.25, 0.3) is 0 Å². The number of hydrogen-bond acceptors (Lipinski definition) is 2. The van der Waals surface area contributed by atoms with E-state index < -0.39 is 13.0 Å². The summed E-state index contributed by atoms with van der Waals surface area (Å²) in [6.07, 6.45) is 0.717. The molecule has 0 aromatic heterocycles. The molecule has 1 saturated carbocycles. The highest BCUT2D eigenvalue weighted by atomic mass is 19.3. The van der Waals surface area contributed by atoms with Crippen LogP contribution in [-0.2, 0) is 4.79 Å². The van der Waals surface area contributed by atoms with Gasteiger partial charge in [-0.05, 0) is 18.8 Å². The first-order valence-electron chi connectivity index (χ1n) is 4.90. The topological polar surface area (TPSA) is 55.1 Å². The van der Waals surface area contributed by atoms with Crippen molar-refractivity contribution in [1.82, 2.24) is 5.32 Å². The van der Waals surface area contributed by atoms with E-state index in [0.717, 1.165) is 19.3 Å². The lowest BCUT2D eigenvalue weighted by atomic mass is 10.00. The van der Waals surface area contributed by atoms with E-state index in [0.29, 0.717) is 0 Å². The summed E-state index contributed by atoms with van der Waals surface area (Å²) in [5, 5.41) is 2.19. The molecule has 0 saturated heterocycles. The molecule has 0 spiro atoms. The number of alkyl halides is 2. The van der Waals surface area contributed by atoms with Gasteiger partial charge in [0.25, 0.3) is 6.43 Å². The Morgan fingerprint density at radius 1 is 1.50 bits per heavy atom. The van der Waals surface area contributed by atoms with Gasteiger partial charge in [0.15, 0.2) is 0 Å². The van der Waals surface area contributed by atoms with Gasteiger partial charge < -0.3 is 11.1 Å². The van der Waals surface area contributed by atoms with Crippen molar-refractivity contribution in [3.8, 4) is 0 Å². The first-order valence-corrected chi connectivity index (χ1v) is 4.90. The Morgan fingerprint density at radius 2 is 2.21 bits per heavy atom. The third-order valence-electron chi connectivity index (χ3n) is 2.62. The summed E-state index contributed by atoms with van der Waals surface area (Å²) >= 11 is 0. The van der Waals surface area contributed by atoms with Gasteiger partial charge in [-0.25, -0.2) is 8.78 Å². The highest BCUT2D eigenvalue weighted by Gasteiger charge is 2.25. The number of carbonyl (C=O) groups excluding carboxylic acids is 1. The van der Waals surface area contributed by atoms with E-state index in [4.69, 9.17) is 5.73 Å². The largest absolute Gasteiger partial charge is 0.350 e. The van der Waals surface area contributed by atoms with Crippen molar-refractivity contribution in [3.63, 3.8) is 0 Å². The Labute approximate surface area is 82.0 Å². The fraction of sp³-hybridized carbons (Fsp3) is 0.889. The Balaban J connectivity index is 2.19. The molecule has 0 aromatic rings. The molecule has 5 heteroatoms. The molecule has 82 valence electrons. The van der Waals surface area contributed by atoms with Crippen LogP contribution in [0.5, 0.6) is 0 Å². The average Bonchev–Trinajstić information content (AvgIpc) is 2.49. The van der Waals surface area contributed by atoms with Gasteiger partial charge in [0.2, 0.25) is 5.91 Å². The summed E-state index contributed by atoms with van der Waals surface area (Å²) in [7, 11) is 0. The molecule has 0 radical (unpaired) electrons. The van der Waals surface area contributed by atoms with Crippen LogP contribution in [0.3, 0.4) is 0 Å². The standard InChI is InChI=1S/C9H16F2N2O/c10-8(11)5-13-9(14)4-6-2-1-3-7(6)12/h6-8H,1-5,12H2,(H,13,14)/t6-,7+/m0/s1. The minimum Gasteiger partial charge on any atom is -0.350 e. The van der Waals surface area contributed by atoms with Crippen LogP contribution in [0.4, 0.5) is 8.78 Å². The molecule has 2 atom stereocenters. The monoisotopic (exact) mass is 206 g/mol. The van der Waals surface area contributed by atoms with Gasteiger partial charge in [0.05, 0.1) is 6.54 Å². The van der Waals surface area contributed by atoms with Gasteiger partial charge in [0, 0.05) is 12.5 Å². The van der Waals surface area contributed by atoms with Crippen molar-refractivity contribution in [2.75, 3.05) is 6.54 Å². The molecule has 0 bridgehead atoms. The summed E-state index contributed by atoms with van der Waals surface area (Å²) in [4.78, 5) is 11.1. The summed E-state index contributed by atoms with van der Waals surface area (Å²) < 4.78 is 23.5. The maximum atomic E-state index is 11.7. The summed E-state index contributed by atoms with van der Waals surface area (Å²) in [5.41, 5.74) is 5.76. The Morgan fingerprint density at radius 3 is 2.71 bits per heavy atom. The quantitative estimate of drug-likeness (QED) is 0.717. The van der Waals surface area contributed by atoms with E-state index in [1.165, 1.54) is 0 Å². The van der Waals surface area contributed by atoms with E-state index in [1.54, 1.807) is 0 Å². The van der Waals surface area contributed by atoms with Crippen molar-refractivity contribution in [2.24, 2.45) is 11.7 Å². The van der Waals surface area contributed by atoms with Crippen LogP contribution >= 0.6 is 0 Å². The molecule has 0 aliphatic heterocycles. The van der Waals surface area contributed by atoms with Crippen LogP contribution in [0.1, 0.15) is 25.7 Å². The second-order valence-electron chi connectivity index (χ2n) is 3.75. The maximum absolute atomic E-state index is 11.7. The molecule has 1 fully saturated rings. The Kier molecular flexibility index (Phi) is 4.25. The van der Waals surface area contributed by atoms with E-state index in [9.17, 15) is 13.6 Å². The fourth-order valence-electron chi connectivity index (χ4n) is 1.82. The second-order valence-corrected chi connectivity index (χ2v) is 3.75. The summed E-state index contributed by atoms with van der Waals surface area (Å²) in [6.45, 7) is -0.555. The number of nitrogens with one attached hydrogen (secondary N) is 1. The molecule has 0 heterocycles. The minimum absolute atomic E-state index is 0.0623. The van der Waals surface area contributed by atoms with Gasteiger partial charge >= 0.3 is 0 Å². The number of amides is 1. The maximum Gasteiger partial charge on any atom is 0.255 e. The SMILES string of the molecule is N[C@@H]1CCC[C@H]1CC(=O)NCC(F)F. The lowest BCUT2D eigenvalue weighted by Crippen LogP contribution is -2.33. The average molecular weight is 206 g/mol. The fourth-order valence-corrected chi connectivity index (χ4v) is 1.82. The van der Waals surface area contributed by atoms with Crippen LogP contribution < -0.4 is 11.1 Å². The van der Waals surface area contributed by atoms with Crippen LogP contribution in [0.15, 0.2) is 0 Å². The first kappa shape index (κ1) is 11.4. The van der Waals surface area contributed by atoms with E-state index in [1.807, 2.05) is 0 Å². The zero-order chi connectivity index (χ0) is 10.6. The van der Waals surface area contributed by atoms with Crippen molar-refractivity contribution in [3.05, 3.63) is 0 Å². The molecule has 1 aliphatic rings. The highest BCUT2D eigenvalue weighted by Crippen LogP contribution is 2.26. The number of carbonyl (C=O) groups is 1. The van der Waals surface area contributed by atoms with Crippen molar-refractivity contribution >= 4 is 5.91 Å². The van der Waals surface area contributed by atoms with E-state index in [-0.39, 0.29) is 24.3 Å². The van der Waals surface area contributed by atoms with Gasteiger partial charge in [-0.1, -0.05) is 6.42 Å². The highest BCUT2D eigenvalue weighted by molar-refractivity contribution is 5.76. The molecule has 1 amide bonds. The molecule has 0 aromatic carbocycles. The van der Waals surface area contributed by atoms with Gasteiger partial charge in [0.1, 0.15) is 0 Å². The smallest absolute Gasteiger partial charge is 0.255 e. The first-order chi connectivity index (χ1) is 6.59. The van der Waals surface area contributed by atoms with Gasteiger partial charge in [-0.3, -0.25) is 4.79 Å². The van der Waals surface area contributed by atoms with Crippen LogP contribution in [0, 0.1) is 5.92 Å². The molecule has 14 heavy (non-hydrogen) atoms. The summed E-state index contributed by atoms with van der Waals surface area (Å²) in [6, 6.07) is 0.0623. The summed E-state index contributed by atoms with van der Waals surface area (Å²) in [5.74, 6) is -0.139. The predicted octanol–water partition coefficient (Wildman–Crippen LogP) is 0.885. The molecular formula is C9H16F2N2O. The minimum atomic E-state index is -2.48. The van der Waals surface area contributed by atoms with E-state index >= 15 is 0 Å². The van der Waals surface area contributed by atoms with Gasteiger partial charge in [-0.15, -0.1) is 0 Å². The van der Waals surface area contributed by atoms with Crippen molar-refractivity contribution < 1.29 is 13.6 Å². The van der Waals surface area contributed by atoms with Gasteiger partial charge in [-0.2, -0.15) is 0 Å². The number of nitrogens with two attached hydrogens (primary N) is 1. The predicted molar refractivity (Wildman–Crippen MR) is 48.9 cm³/mol. The van der Waals surface area contributed by atoms with Crippen molar-refractivity contribution in [1.29, 1.82) is 0 Å². The third-order valence-corrected chi connectivity index (χ3v) is 2.62. The lowest BCUT2D eigenvalue weighted by Gasteiger charge is -2.14. The van der Waals surface area contributed by atoms with E-state index in [2.05, 4.69) is 5.32 Å².